The molecular formula is C20H21N3O3S2. The van der Waals surface area contributed by atoms with Gasteiger partial charge < -0.3 is 14.7 Å². The summed E-state index contributed by atoms with van der Waals surface area (Å²) in [5.74, 6) is 0.107. The number of ether oxygens (including phenoxy) is 1. The lowest BCUT2D eigenvalue weighted by Crippen LogP contribution is -2.38. The number of aromatic nitrogens is 2. The Kier molecular flexibility index (Phi) is 5.59. The third-order valence-corrected chi connectivity index (χ3v) is 6.81. The lowest BCUT2D eigenvalue weighted by molar-refractivity contribution is -0.136. The quantitative estimate of drug-likeness (QED) is 0.649. The number of aryl methyl sites for hydroxylation is 1. The Balaban J connectivity index is 1.36. The van der Waals surface area contributed by atoms with Crippen molar-refractivity contribution in [1.29, 1.82) is 0 Å². The van der Waals surface area contributed by atoms with Crippen molar-refractivity contribution >= 4 is 33.8 Å². The van der Waals surface area contributed by atoms with E-state index >= 15 is 0 Å². The Bertz CT molecular complexity index is 961. The molecule has 3 heterocycles. The van der Waals surface area contributed by atoms with Gasteiger partial charge in [0, 0.05) is 31.3 Å². The van der Waals surface area contributed by atoms with Crippen LogP contribution in [0.2, 0.25) is 0 Å². The molecular weight excluding hydrogens is 394 g/mol. The fourth-order valence-corrected chi connectivity index (χ4v) is 5.04. The highest BCUT2D eigenvalue weighted by atomic mass is 32.1. The Labute approximate surface area is 171 Å². The van der Waals surface area contributed by atoms with E-state index in [-0.39, 0.29) is 12.5 Å². The normalized spacial score (nSPS) is 15.0. The number of carbonyl (C=O) groups is 1. The Morgan fingerprint density at radius 1 is 1.32 bits per heavy atom. The van der Waals surface area contributed by atoms with E-state index in [2.05, 4.69) is 27.9 Å². The van der Waals surface area contributed by atoms with E-state index in [1.54, 1.807) is 16.7 Å². The van der Waals surface area contributed by atoms with Gasteiger partial charge in [-0.1, -0.05) is 29.5 Å². The van der Waals surface area contributed by atoms with Crippen LogP contribution in [0.15, 0.2) is 35.8 Å². The summed E-state index contributed by atoms with van der Waals surface area (Å²) in [6.45, 7) is 3.89. The molecule has 0 aliphatic carbocycles. The van der Waals surface area contributed by atoms with Crippen LogP contribution in [0.25, 0.3) is 9.88 Å². The molecule has 3 aromatic rings. The minimum Gasteiger partial charge on any atom is -0.490 e. The molecule has 4 rings (SSSR count). The molecule has 1 aliphatic rings. The Morgan fingerprint density at radius 3 is 2.86 bits per heavy atom. The van der Waals surface area contributed by atoms with Crippen LogP contribution in [-0.4, -0.2) is 40.2 Å². The van der Waals surface area contributed by atoms with E-state index in [0.717, 1.165) is 46.7 Å². The Morgan fingerprint density at radius 2 is 2.11 bits per heavy atom. The molecule has 0 amide bonds. The van der Waals surface area contributed by atoms with E-state index in [4.69, 9.17) is 9.84 Å². The van der Waals surface area contributed by atoms with Gasteiger partial charge in [-0.25, -0.2) is 9.97 Å². The molecule has 2 aromatic heterocycles. The molecule has 0 radical (unpaired) electrons. The number of carboxylic acid groups (broad SMARTS) is 1. The summed E-state index contributed by atoms with van der Waals surface area (Å²) in [6, 6.07) is 8.14. The number of aliphatic carboxylic acids is 1. The van der Waals surface area contributed by atoms with Gasteiger partial charge in [0.05, 0.1) is 23.2 Å². The SMILES string of the molecule is Cc1ccccc1OC1CCN(c2ncc(-c3nc(CC(=O)O)cs3)s2)CC1. The van der Waals surface area contributed by atoms with Gasteiger partial charge in [0.2, 0.25) is 0 Å². The highest BCUT2D eigenvalue weighted by Crippen LogP contribution is 2.34. The van der Waals surface area contributed by atoms with Crippen molar-refractivity contribution in [3.63, 3.8) is 0 Å². The van der Waals surface area contributed by atoms with Crippen LogP contribution in [0.1, 0.15) is 24.1 Å². The minimum atomic E-state index is -0.863. The molecule has 6 nitrogen and oxygen atoms in total. The summed E-state index contributed by atoms with van der Waals surface area (Å²) in [6.07, 6.45) is 3.94. The first-order chi connectivity index (χ1) is 13.6. The largest absolute Gasteiger partial charge is 0.490 e. The standard InChI is InChI=1S/C20H21N3O3S2/c1-13-4-2-3-5-16(13)26-15-6-8-23(9-7-15)20-21-11-17(28-20)19-22-14(12-27-19)10-18(24)25/h2-5,11-12,15H,6-10H2,1H3,(H,24,25). The first-order valence-corrected chi connectivity index (χ1v) is 10.9. The first-order valence-electron chi connectivity index (χ1n) is 9.18. The zero-order valence-electron chi connectivity index (χ0n) is 15.5. The molecule has 1 fully saturated rings. The number of piperidine rings is 1. The fraction of sp³-hybridized carbons (Fsp3) is 0.350. The van der Waals surface area contributed by atoms with Crippen molar-refractivity contribution in [2.45, 2.75) is 32.3 Å². The first kappa shape index (κ1) is 18.9. The van der Waals surface area contributed by atoms with Crippen LogP contribution in [0, 0.1) is 6.92 Å². The van der Waals surface area contributed by atoms with Crippen LogP contribution in [0.4, 0.5) is 5.13 Å². The topological polar surface area (TPSA) is 75.5 Å². The number of thiazole rings is 2. The van der Waals surface area contributed by atoms with Crippen molar-refractivity contribution in [2.24, 2.45) is 0 Å². The van der Waals surface area contributed by atoms with Crippen molar-refractivity contribution in [2.75, 3.05) is 18.0 Å². The minimum absolute atomic E-state index is 0.0451. The molecule has 1 saturated heterocycles. The lowest BCUT2D eigenvalue weighted by Gasteiger charge is -2.32. The molecule has 146 valence electrons. The second-order valence-electron chi connectivity index (χ2n) is 6.79. The van der Waals surface area contributed by atoms with Crippen LogP contribution in [0.3, 0.4) is 0 Å². The molecule has 8 heteroatoms. The predicted octanol–water partition coefficient (Wildman–Crippen LogP) is 4.25. The maximum absolute atomic E-state index is 10.8. The monoisotopic (exact) mass is 415 g/mol. The van der Waals surface area contributed by atoms with Gasteiger partial charge in [-0.15, -0.1) is 11.3 Å². The van der Waals surface area contributed by atoms with Gasteiger partial charge in [0.15, 0.2) is 5.13 Å². The predicted molar refractivity (Wildman–Crippen MR) is 112 cm³/mol. The number of hydrogen-bond donors (Lipinski definition) is 1. The van der Waals surface area contributed by atoms with Gasteiger partial charge in [-0.2, -0.15) is 0 Å². The van der Waals surface area contributed by atoms with E-state index in [0.29, 0.717) is 5.69 Å². The Hall–Kier alpha value is -2.45. The molecule has 1 N–H and O–H groups in total. The molecule has 28 heavy (non-hydrogen) atoms. The van der Waals surface area contributed by atoms with Crippen molar-refractivity contribution in [3.05, 3.63) is 47.1 Å². The number of para-hydroxylation sites is 1. The second kappa shape index (κ2) is 8.28. The number of nitrogens with zero attached hydrogens (tertiary/aromatic N) is 3. The van der Waals surface area contributed by atoms with Gasteiger partial charge in [0.1, 0.15) is 16.9 Å². The fourth-order valence-electron chi connectivity index (χ4n) is 3.20. The molecule has 0 unspecified atom stereocenters. The maximum atomic E-state index is 10.8. The van der Waals surface area contributed by atoms with Gasteiger partial charge >= 0.3 is 5.97 Å². The summed E-state index contributed by atoms with van der Waals surface area (Å²) in [5, 5.41) is 12.5. The van der Waals surface area contributed by atoms with Crippen LogP contribution < -0.4 is 9.64 Å². The molecule has 0 bridgehead atoms. The lowest BCUT2D eigenvalue weighted by atomic mass is 10.1. The summed E-state index contributed by atoms with van der Waals surface area (Å²) in [4.78, 5) is 23.1. The number of rotatable bonds is 6. The molecule has 0 spiro atoms. The number of benzene rings is 1. The molecule has 0 atom stereocenters. The maximum Gasteiger partial charge on any atom is 0.309 e. The van der Waals surface area contributed by atoms with E-state index < -0.39 is 5.97 Å². The van der Waals surface area contributed by atoms with Gasteiger partial charge in [0.25, 0.3) is 0 Å². The third kappa shape index (κ3) is 4.34. The summed E-state index contributed by atoms with van der Waals surface area (Å²) in [5.41, 5.74) is 1.76. The van der Waals surface area contributed by atoms with Gasteiger partial charge in [-0.3, -0.25) is 4.79 Å². The van der Waals surface area contributed by atoms with Crippen LogP contribution in [-0.2, 0) is 11.2 Å². The second-order valence-corrected chi connectivity index (χ2v) is 8.66. The van der Waals surface area contributed by atoms with Crippen molar-refractivity contribution < 1.29 is 14.6 Å². The number of hydrogen-bond acceptors (Lipinski definition) is 7. The zero-order chi connectivity index (χ0) is 19.5. The van der Waals surface area contributed by atoms with E-state index in [1.807, 2.05) is 24.4 Å². The van der Waals surface area contributed by atoms with E-state index in [9.17, 15) is 4.79 Å². The zero-order valence-corrected chi connectivity index (χ0v) is 17.1. The average Bonchev–Trinajstić information content (AvgIpc) is 3.33. The number of carboxylic acids is 1. The summed E-state index contributed by atoms with van der Waals surface area (Å²) >= 11 is 3.07. The summed E-state index contributed by atoms with van der Waals surface area (Å²) in [7, 11) is 0. The van der Waals surface area contributed by atoms with Crippen molar-refractivity contribution in [3.8, 4) is 15.6 Å². The number of anilines is 1. The smallest absolute Gasteiger partial charge is 0.309 e. The van der Waals surface area contributed by atoms with Crippen LogP contribution >= 0.6 is 22.7 Å². The molecule has 0 saturated carbocycles. The highest BCUT2D eigenvalue weighted by Gasteiger charge is 2.23. The van der Waals surface area contributed by atoms with E-state index in [1.165, 1.54) is 16.9 Å². The van der Waals surface area contributed by atoms with Crippen LogP contribution in [0.5, 0.6) is 5.75 Å². The molecule has 1 aromatic carbocycles. The summed E-state index contributed by atoms with van der Waals surface area (Å²) < 4.78 is 6.18. The highest BCUT2D eigenvalue weighted by molar-refractivity contribution is 7.23. The molecule has 1 aliphatic heterocycles. The van der Waals surface area contributed by atoms with Gasteiger partial charge in [-0.05, 0) is 18.6 Å². The van der Waals surface area contributed by atoms with Crippen molar-refractivity contribution in [1.82, 2.24) is 9.97 Å². The average molecular weight is 416 g/mol. The third-order valence-electron chi connectivity index (χ3n) is 4.69.